The molecule has 288 valence electrons. The third-order valence-electron chi connectivity index (χ3n) is 8.49. The molecule has 0 saturated heterocycles. The Balaban J connectivity index is 4.48. The van der Waals surface area contributed by atoms with Crippen molar-refractivity contribution in [1.29, 1.82) is 0 Å². The van der Waals surface area contributed by atoms with E-state index in [1.807, 2.05) is 6.08 Å². The van der Waals surface area contributed by atoms with Crippen molar-refractivity contribution in [3.63, 3.8) is 0 Å². The molecule has 0 heterocycles. The van der Waals surface area contributed by atoms with Crippen LogP contribution in [-0.2, 0) is 18.4 Å². The lowest BCUT2D eigenvalue weighted by atomic mass is 10.0. The molecular weight excluding hydrogens is 639 g/mol. The number of aliphatic hydroxyl groups excluding tert-OH is 2. The van der Waals surface area contributed by atoms with Gasteiger partial charge in [-0.15, -0.1) is 0 Å². The van der Waals surface area contributed by atoms with Crippen LogP contribution in [-0.4, -0.2) is 59.0 Å². The minimum Gasteiger partial charge on any atom is -0.393 e. The molecule has 1 amide bonds. The lowest BCUT2D eigenvalue weighted by molar-refractivity contribution is -0.124. The van der Waals surface area contributed by atoms with E-state index in [0.717, 1.165) is 44.9 Å². The number of phosphoric acid groups is 1. The molecule has 0 bridgehead atoms. The minimum absolute atomic E-state index is 0.0432. The van der Waals surface area contributed by atoms with Crippen molar-refractivity contribution in [2.75, 3.05) is 19.8 Å². The van der Waals surface area contributed by atoms with E-state index >= 15 is 0 Å². The number of amides is 1. The number of nitrogens with two attached hydrogens (primary N) is 1. The first-order valence-corrected chi connectivity index (χ1v) is 21.2. The van der Waals surface area contributed by atoms with Gasteiger partial charge < -0.3 is 26.2 Å². The first-order valence-electron chi connectivity index (χ1n) is 19.7. The number of phosphoric ester groups is 1. The molecule has 0 spiro atoms. The predicted molar refractivity (Wildman–Crippen MR) is 204 cm³/mol. The van der Waals surface area contributed by atoms with Gasteiger partial charge in [-0.25, -0.2) is 4.57 Å². The van der Waals surface area contributed by atoms with E-state index in [4.69, 9.17) is 14.8 Å². The second kappa shape index (κ2) is 35.1. The molecule has 4 unspecified atom stereocenters. The van der Waals surface area contributed by atoms with Crippen LogP contribution >= 0.6 is 7.82 Å². The highest BCUT2D eigenvalue weighted by Gasteiger charge is 2.27. The van der Waals surface area contributed by atoms with Crippen LogP contribution in [0, 0.1) is 0 Å². The van der Waals surface area contributed by atoms with E-state index in [2.05, 4.69) is 43.5 Å². The lowest BCUT2D eigenvalue weighted by Crippen LogP contribution is -2.46. The maximum atomic E-state index is 12.7. The Morgan fingerprint density at radius 3 is 1.71 bits per heavy atom. The molecule has 0 rings (SSSR count). The number of allylic oxidation sites excluding steroid dienone is 5. The molecule has 0 aliphatic carbocycles. The summed E-state index contributed by atoms with van der Waals surface area (Å²) in [5.74, 6) is -0.463. The summed E-state index contributed by atoms with van der Waals surface area (Å²) >= 11 is 0. The molecule has 0 aliphatic rings. The Hall–Kier alpha value is -1.32. The van der Waals surface area contributed by atoms with Gasteiger partial charge in [0.25, 0.3) is 0 Å². The van der Waals surface area contributed by atoms with Crippen molar-refractivity contribution in [1.82, 2.24) is 5.32 Å². The number of rotatable bonds is 36. The lowest BCUT2D eigenvalue weighted by Gasteiger charge is -2.24. The topological polar surface area (TPSA) is 151 Å². The number of aliphatic hydroxyl groups is 2. The zero-order valence-corrected chi connectivity index (χ0v) is 32.2. The summed E-state index contributed by atoms with van der Waals surface area (Å²) in [6.07, 6.45) is 36.6. The van der Waals surface area contributed by atoms with Gasteiger partial charge in [0, 0.05) is 6.54 Å². The van der Waals surface area contributed by atoms with Crippen LogP contribution in [0.5, 0.6) is 0 Å². The fourth-order valence-electron chi connectivity index (χ4n) is 5.48. The van der Waals surface area contributed by atoms with Crippen LogP contribution in [0.3, 0.4) is 0 Å². The molecular formula is C39H75N2O7P. The van der Waals surface area contributed by atoms with Crippen LogP contribution in [0.25, 0.3) is 0 Å². The van der Waals surface area contributed by atoms with Crippen LogP contribution in [0.2, 0.25) is 0 Å². The van der Waals surface area contributed by atoms with Crippen molar-refractivity contribution >= 4 is 13.7 Å². The molecule has 0 fully saturated rings. The van der Waals surface area contributed by atoms with Crippen LogP contribution in [0.15, 0.2) is 36.5 Å². The van der Waals surface area contributed by atoms with E-state index in [1.54, 1.807) is 6.08 Å². The largest absolute Gasteiger partial charge is 0.472 e. The Bertz CT molecular complexity index is 883. The second-order valence-corrected chi connectivity index (χ2v) is 14.8. The van der Waals surface area contributed by atoms with Crippen molar-refractivity contribution in [2.45, 2.75) is 186 Å². The van der Waals surface area contributed by atoms with Gasteiger partial charge in [-0.05, 0) is 57.8 Å². The van der Waals surface area contributed by atoms with Gasteiger partial charge in [0.1, 0.15) is 0 Å². The molecule has 6 N–H and O–H groups in total. The maximum absolute atomic E-state index is 12.7. The predicted octanol–water partition coefficient (Wildman–Crippen LogP) is 9.36. The molecule has 4 atom stereocenters. The molecule has 0 saturated carbocycles. The second-order valence-electron chi connectivity index (χ2n) is 13.3. The SMILES string of the molecule is CCCCCC/C=C\CCCCCCCC(O)CC(=O)NC(COP(=O)(O)OCCN)C(O)/C=C/CC/C=C/CCCCCCCCCC. The molecule has 0 aliphatic heterocycles. The number of hydrogen-bond donors (Lipinski definition) is 5. The van der Waals surface area contributed by atoms with Crippen molar-refractivity contribution < 1.29 is 33.5 Å². The fraction of sp³-hybridized carbons (Fsp3) is 0.821. The number of carbonyl (C=O) groups excluding carboxylic acids is 1. The van der Waals surface area contributed by atoms with E-state index in [-0.39, 0.29) is 19.6 Å². The summed E-state index contributed by atoms with van der Waals surface area (Å²) in [4.78, 5) is 22.6. The third-order valence-corrected chi connectivity index (χ3v) is 9.48. The standard InChI is InChI=1S/C39H75N2O7P/c1-3-5-7-9-11-13-15-17-19-21-23-25-27-29-31-38(43)37(35-48-49(45,46)47-33-32-40)41-39(44)34-36(42)30-28-26-24-22-20-18-16-14-12-10-8-6-4-2/h14,16,21,23,29,31,36-38,42-43H,3-13,15,17-20,22,24-28,30,32-35,40H2,1-2H3,(H,41,44)(H,45,46)/b16-14-,23-21+,31-29+. The van der Waals surface area contributed by atoms with Gasteiger partial charge in [-0.2, -0.15) is 0 Å². The van der Waals surface area contributed by atoms with E-state index in [0.29, 0.717) is 12.8 Å². The Morgan fingerprint density at radius 1 is 0.694 bits per heavy atom. The highest BCUT2D eigenvalue weighted by Crippen LogP contribution is 2.43. The average molecular weight is 715 g/mol. The summed E-state index contributed by atoms with van der Waals surface area (Å²) in [5, 5.41) is 23.9. The summed E-state index contributed by atoms with van der Waals surface area (Å²) in [6, 6.07) is -0.999. The first kappa shape index (κ1) is 47.7. The summed E-state index contributed by atoms with van der Waals surface area (Å²) in [5.41, 5.74) is 5.34. The smallest absolute Gasteiger partial charge is 0.393 e. The molecule has 10 heteroatoms. The summed E-state index contributed by atoms with van der Waals surface area (Å²) < 4.78 is 22.0. The maximum Gasteiger partial charge on any atom is 0.472 e. The van der Waals surface area contributed by atoms with Gasteiger partial charge >= 0.3 is 7.82 Å². The summed E-state index contributed by atoms with van der Waals surface area (Å²) in [6.45, 7) is 3.90. The highest BCUT2D eigenvalue weighted by molar-refractivity contribution is 7.47. The molecule has 0 aromatic rings. The molecule has 0 radical (unpaired) electrons. The van der Waals surface area contributed by atoms with Gasteiger partial charge in [-0.3, -0.25) is 13.8 Å². The highest BCUT2D eigenvalue weighted by atomic mass is 31.2. The molecule has 9 nitrogen and oxygen atoms in total. The van der Waals surface area contributed by atoms with Crippen LogP contribution < -0.4 is 11.1 Å². The Morgan fingerprint density at radius 2 is 1.16 bits per heavy atom. The van der Waals surface area contributed by atoms with E-state index in [9.17, 15) is 24.5 Å². The van der Waals surface area contributed by atoms with E-state index < -0.39 is 38.6 Å². The Labute approximate surface area is 300 Å². The quantitative estimate of drug-likeness (QED) is 0.0245. The van der Waals surface area contributed by atoms with E-state index in [1.165, 1.54) is 89.9 Å². The third kappa shape index (κ3) is 33.6. The van der Waals surface area contributed by atoms with Gasteiger partial charge in [0.05, 0.1) is 37.9 Å². The molecule has 0 aromatic carbocycles. The number of nitrogens with one attached hydrogen (secondary N) is 1. The summed E-state index contributed by atoms with van der Waals surface area (Å²) in [7, 11) is -4.40. The number of unbranched alkanes of at least 4 members (excludes halogenated alkanes) is 18. The van der Waals surface area contributed by atoms with Crippen molar-refractivity contribution in [3.05, 3.63) is 36.5 Å². The zero-order chi connectivity index (χ0) is 36.3. The van der Waals surface area contributed by atoms with Gasteiger partial charge in [-0.1, -0.05) is 140 Å². The van der Waals surface area contributed by atoms with Crippen molar-refractivity contribution in [2.24, 2.45) is 5.73 Å². The number of hydrogen-bond acceptors (Lipinski definition) is 7. The van der Waals surface area contributed by atoms with Crippen LogP contribution in [0.1, 0.15) is 168 Å². The number of carbonyl (C=O) groups is 1. The normalized spacial score (nSPS) is 15.3. The molecule has 49 heavy (non-hydrogen) atoms. The molecule has 0 aromatic heterocycles. The van der Waals surface area contributed by atoms with Gasteiger partial charge in [0.15, 0.2) is 0 Å². The average Bonchev–Trinajstić information content (AvgIpc) is 3.07. The fourth-order valence-corrected chi connectivity index (χ4v) is 6.24. The Kier molecular flexibility index (Phi) is 34.2. The van der Waals surface area contributed by atoms with Gasteiger partial charge in [0.2, 0.25) is 5.91 Å². The monoisotopic (exact) mass is 715 g/mol. The zero-order valence-electron chi connectivity index (χ0n) is 31.3. The first-order chi connectivity index (χ1) is 23.8. The van der Waals surface area contributed by atoms with Crippen LogP contribution in [0.4, 0.5) is 0 Å². The minimum atomic E-state index is -4.40. The van der Waals surface area contributed by atoms with Crippen molar-refractivity contribution in [3.8, 4) is 0 Å².